The van der Waals surface area contributed by atoms with Crippen molar-refractivity contribution < 1.29 is 9.90 Å². The maximum atomic E-state index is 11.2. The molecular formula is C12H24N2O2. The third-order valence-electron chi connectivity index (χ3n) is 2.01. The third-order valence-corrected chi connectivity index (χ3v) is 2.01. The Bertz CT molecular complexity index is 403. The van der Waals surface area contributed by atoms with Gasteiger partial charge in [-0.1, -0.05) is 29.7 Å². The number of hydrogen-bond donors (Lipinski definition) is 2. The molecule has 0 unspecified atom stereocenters. The Kier molecular flexibility index (Phi) is 7.59. The molecule has 0 aliphatic carbocycles. The summed E-state index contributed by atoms with van der Waals surface area (Å²) in [6.45, 7) is 3.45. The second kappa shape index (κ2) is 6.10. The molecule has 94 valence electrons. The quantitative estimate of drug-likeness (QED) is 0.713. The van der Waals surface area contributed by atoms with Gasteiger partial charge < -0.3 is 10.1 Å². The number of H-pyrrole nitrogens is 1. The minimum Gasteiger partial charge on any atom is -0.494 e. The van der Waals surface area contributed by atoms with Gasteiger partial charge in [0, 0.05) is 5.69 Å². The number of carbonyl (C=O) groups is 1. The highest BCUT2D eigenvalue weighted by Crippen LogP contribution is 2.29. The first-order valence-electron chi connectivity index (χ1n) is 3.62. The van der Waals surface area contributed by atoms with E-state index in [1.54, 1.807) is 13.8 Å². The van der Waals surface area contributed by atoms with Crippen LogP contribution in [0.1, 0.15) is 58.2 Å². The number of hydrogen-bond acceptors (Lipinski definition) is 2. The molecule has 16 heavy (non-hydrogen) atoms. The molecule has 0 saturated heterocycles. The number of rotatable bonds is 0. The van der Waals surface area contributed by atoms with Crippen LogP contribution in [0, 0.1) is 6.92 Å². The molecule has 1 aromatic heterocycles. The molecule has 2 N–H and O–H groups in total. The SMILES string of the molecule is C.C.C.C.CC1=NC(=O)c2c(C)[nH]c(O)c21. The van der Waals surface area contributed by atoms with Crippen molar-refractivity contribution in [1.29, 1.82) is 0 Å². The van der Waals surface area contributed by atoms with E-state index in [4.69, 9.17) is 0 Å². The molecule has 0 aromatic carbocycles. The van der Waals surface area contributed by atoms with E-state index in [1.807, 2.05) is 0 Å². The number of fused-ring (bicyclic) bond motifs is 1. The lowest BCUT2D eigenvalue weighted by Crippen LogP contribution is -1.90. The molecule has 1 aliphatic heterocycles. The summed E-state index contributed by atoms with van der Waals surface area (Å²) in [4.78, 5) is 17.6. The summed E-state index contributed by atoms with van der Waals surface area (Å²) in [5, 5.41) is 9.35. The van der Waals surface area contributed by atoms with Gasteiger partial charge >= 0.3 is 0 Å². The van der Waals surface area contributed by atoms with Gasteiger partial charge in [-0.2, -0.15) is 0 Å². The molecule has 0 spiro atoms. The molecule has 1 aromatic rings. The summed E-state index contributed by atoms with van der Waals surface area (Å²) >= 11 is 0. The topological polar surface area (TPSA) is 65.5 Å². The lowest BCUT2D eigenvalue weighted by molar-refractivity contribution is 0.101. The molecule has 0 fully saturated rings. The number of aliphatic imine (C=N–C) groups is 1. The number of nitrogens with zero attached hydrogens (tertiary/aromatic N) is 1. The Hall–Kier alpha value is -1.58. The van der Waals surface area contributed by atoms with Crippen LogP contribution in [0.3, 0.4) is 0 Å². The van der Waals surface area contributed by atoms with Crippen LogP contribution in [-0.2, 0) is 0 Å². The minimum atomic E-state index is -0.267. The number of aromatic amines is 1. The normalized spacial score (nSPS) is 11.1. The number of amides is 1. The fraction of sp³-hybridized carbons (Fsp3) is 0.500. The van der Waals surface area contributed by atoms with Crippen LogP contribution in [0.25, 0.3) is 0 Å². The molecule has 2 heterocycles. The van der Waals surface area contributed by atoms with Crippen LogP contribution < -0.4 is 0 Å². The fourth-order valence-corrected chi connectivity index (χ4v) is 1.49. The second-order valence-electron chi connectivity index (χ2n) is 2.85. The van der Waals surface area contributed by atoms with Crippen molar-refractivity contribution in [3.8, 4) is 5.88 Å². The molecule has 0 atom stereocenters. The monoisotopic (exact) mass is 228 g/mol. The van der Waals surface area contributed by atoms with Crippen LogP contribution in [0.5, 0.6) is 5.88 Å². The van der Waals surface area contributed by atoms with Crippen LogP contribution in [0.15, 0.2) is 4.99 Å². The summed E-state index contributed by atoms with van der Waals surface area (Å²) in [6.07, 6.45) is 0. The maximum absolute atomic E-state index is 11.2. The minimum absolute atomic E-state index is 0. The Labute approximate surface area is 98.4 Å². The van der Waals surface area contributed by atoms with Gasteiger partial charge in [-0.3, -0.25) is 4.79 Å². The van der Waals surface area contributed by atoms with E-state index >= 15 is 0 Å². The predicted molar refractivity (Wildman–Crippen MR) is 70.7 cm³/mol. The van der Waals surface area contributed by atoms with E-state index in [-0.39, 0.29) is 41.5 Å². The van der Waals surface area contributed by atoms with Gasteiger partial charge in [0.25, 0.3) is 5.91 Å². The summed E-state index contributed by atoms with van der Waals surface area (Å²) in [5.74, 6) is -0.230. The van der Waals surface area contributed by atoms with E-state index in [0.29, 0.717) is 22.5 Å². The smallest absolute Gasteiger partial charge is 0.279 e. The van der Waals surface area contributed by atoms with Crippen molar-refractivity contribution in [2.45, 2.75) is 43.6 Å². The highest BCUT2D eigenvalue weighted by atomic mass is 16.3. The van der Waals surface area contributed by atoms with E-state index in [2.05, 4.69) is 9.98 Å². The van der Waals surface area contributed by atoms with Crippen LogP contribution >= 0.6 is 0 Å². The van der Waals surface area contributed by atoms with Crippen molar-refractivity contribution in [2.24, 2.45) is 4.99 Å². The zero-order valence-corrected chi connectivity index (χ0v) is 6.80. The number of aromatic hydroxyl groups is 1. The number of aromatic nitrogens is 1. The van der Waals surface area contributed by atoms with Crippen LogP contribution in [0.4, 0.5) is 0 Å². The van der Waals surface area contributed by atoms with Crippen molar-refractivity contribution in [3.05, 3.63) is 16.8 Å². The second-order valence-corrected chi connectivity index (χ2v) is 2.85. The molecule has 4 heteroatoms. The largest absolute Gasteiger partial charge is 0.494 e. The molecule has 2 rings (SSSR count). The van der Waals surface area contributed by atoms with Crippen LogP contribution in [0.2, 0.25) is 0 Å². The summed E-state index contributed by atoms with van der Waals surface area (Å²) in [7, 11) is 0. The van der Waals surface area contributed by atoms with Crippen molar-refractivity contribution in [3.63, 3.8) is 0 Å². The van der Waals surface area contributed by atoms with Crippen molar-refractivity contribution in [2.75, 3.05) is 0 Å². The van der Waals surface area contributed by atoms with E-state index < -0.39 is 0 Å². The molecule has 1 aliphatic rings. The molecule has 0 saturated carbocycles. The highest BCUT2D eigenvalue weighted by molar-refractivity contribution is 6.22. The van der Waals surface area contributed by atoms with Gasteiger partial charge in [-0.15, -0.1) is 0 Å². The predicted octanol–water partition coefficient (Wildman–Crippen LogP) is 3.54. The van der Waals surface area contributed by atoms with Crippen molar-refractivity contribution in [1.82, 2.24) is 4.98 Å². The van der Waals surface area contributed by atoms with Gasteiger partial charge in [-0.25, -0.2) is 4.99 Å². The summed E-state index contributed by atoms with van der Waals surface area (Å²) in [6, 6.07) is 0. The zero-order chi connectivity index (χ0) is 8.88. The molecule has 0 bridgehead atoms. The maximum Gasteiger partial charge on any atom is 0.279 e. The standard InChI is InChI=1S/C8H8N2O2.4CH4/c1-3-5-6(8(12)9-3)4(2)10-7(5)11;;;;/h9,12H,1-2H3;4*1H4. The first-order valence-corrected chi connectivity index (χ1v) is 3.62. The molecule has 4 nitrogen and oxygen atoms in total. The van der Waals surface area contributed by atoms with Crippen LogP contribution in [-0.4, -0.2) is 21.7 Å². The molecular weight excluding hydrogens is 204 g/mol. The van der Waals surface area contributed by atoms with Crippen molar-refractivity contribution >= 4 is 11.6 Å². The zero-order valence-electron chi connectivity index (χ0n) is 6.80. The first kappa shape index (κ1) is 19.9. The Morgan fingerprint density at radius 3 is 2.00 bits per heavy atom. The summed E-state index contributed by atoms with van der Waals surface area (Å²) < 4.78 is 0. The van der Waals surface area contributed by atoms with E-state index in [1.165, 1.54) is 0 Å². The molecule has 0 radical (unpaired) electrons. The summed E-state index contributed by atoms with van der Waals surface area (Å²) in [5.41, 5.74) is 2.31. The lowest BCUT2D eigenvalue weighted by atomic mass is 10.1. The van der Waals surface area contributed by atoms with Gasteiger partial charge in [-0.05, 0) is 13.8 Å². The first-order chi connectivity index (χ1) is 5.61. The van der Waals surface area contributed by atoms with Gasteiger partial charge in [0.2, 0.25) is 0 Å². The number of carbonyl (C=O) groups excluding carboxylic acids is 1. The average molecular weight is 228 g/mol. The Morgan fingerprint density at radius 2 is 1.56 bits per heavy atom. The molecule has 1 amide bonds. The lowest BCUT2D eigenvalue weighted by Gasteiger charge is -1.89. The van der Waals surface area contributed by atoms with E-state index in [0.717, 1.165) is 0 Å². The Balaban J connectivity index is -0.000000422. The van der Waals surface area contributed by atoms with Gasteiger partial charge in [0.15, 0.2) is 5.88 Å². The average Bonchev–Trinajstić information content (AvgIpc) is 2.38. The number of nitrogens with one attached hydrogen (secondary N) is 1. The van der Waals surface area contributed by atoms with E-state index in [9.17, 15) is 9.90 Å². The van der Waals surface area contributed by atoms with Gasteiger partial charge in [0.05, 0.1) is 16.8 Å². The number of aryl methyl sites for hydroxylation is 1. The Morgan fingerprint density at radius 1 is 1.06 bits per heavy atom. The fourth-order valence-electron chi connectivity index (χ4n) is 1.49. The third kappa shape index (κ3) is 2.32. The highest BCUT2D eigenvalue weighted by Gasteiger charge is 2.27. The van der Waals surface area contributed by atoms with Gasteiger partial charge in [0.1, 0.15) is 0 Å².